The van der Waals surface area contributed by atoms with E-state index < -0.39 is 0 Å². The number of carbonyl (C=O) groups excluding carboxylic acids is 2. The van der Waals surface area contributed by atoms with Crippen LogP contribution >= 0.6 is 15.9 Å². The number of aromatic nitrogens is 2. The molecule has 31 heavy (non-hydrogen) atoms. The third-order valence-corrected chi connectivity index (χ3v) is 5.96. The van der Waals surface area contributed by atoms with E-state index in [0.717, 1.165) is 20.9 Å². The first-order valence-corrected chi connectivity index (χ1v) is 10.8. The molecular formula is C22H23BrN6O2. The van der Waals surface area contributed by atoms with Gasteiger partial charge >= 0.3 is 6.03 Å². The summed E-state index contributed by atoms with van der Waals surface area (Å²) in [5.41, 5.74) is 8.44. The number of amides is 3. The fraction of sp³-hybridized carbons (Fsp3) is 0.273. The fourth-order valence-electron chi connectivity index (χ4n) is 3.76. The maximum atomic E-state index is 12.8. The highest BCUT2D eigenvalue weighted by molar-refractivity contribution is 9.10. The van der Waals surface area contributed by atoms with Gasteiger partial charge in [0.1, 0.15) is 18.7 Å². The van der Waals surface area contributed by atoms with Crippen molar-refractivity contribution in [3.05, 3.63) is 58.8 Å². The number of nitrogens with two attached hydrogens (primary N) is 1. The predicted molar refractivity (Wildman–Crippen MR) is 124 cm³/mol. The largest absolute Gasteiger partial charge is 0.383 e. The molecule has 1 unspecified atom stereocenters. The fourth-order valence-corrected chi connectivity index (χ4v) is 4.03. The van der Waals surface area contributed by atoms with Gasteiger partial charge in [-0.25, -0.2) is 14.8 Å². The zero-order valence-electron chi connectivity index (χ0n) is 17.1. The Kier molecular flexibility index (Phi) is 6.03. The highest BCUT2D eigenvalue weighted by atomic mass is 79.9. The SMILES string of the molecule is CC(Cc1ccc2c(N)ncnc2c1)N1CCN(C(=O)Nc2ccc(Br)cc2)CC1=O. The lowest BCUT2D eigenvalue weighted by Crippen LogP contribution is -2.56. The lowest BCUT2D eigenvalue weighted by atomic mass is 10.0. The van der Waals surface area contributed by atoms with Crippen LogP contribution in [0.25, 0.3) is 10.9 Å². The van der Waals surface area contributed by atoms with E-state index in [9.17, 15) is 9.59 Å². The Morgan fingerprint density at radius 2 is 1.97 bits per heavy atom. The van der Waals surface area contributed by atoms with Gasteiger partial charge in [0.15, 0.2) is 0 Å². The van der Waals surface area contributed by atoms with Crippen LogP contribution in [-0.4, -0.2) is 57.4 Å². The molecule has 1 aromatic heterocycles. The minimum Gasteiger partial charge on any atom is -0.383 e. The van der Waals surface area contributed by atoms with Crippen molar-refractivity contribution in [3.63, 3.8) is 0 Å². The molecule has 3 aromatic rings. The number of nitrogens with one attached hydrogen (secondary N) is 1. The summed E-state index contributed by atoms with van der Waals surface area (Å²) in [5.74, 6) is 0.398. The van der Waals surface area contributed by atoms with Gasteiger partial charge in [-0.15, -0.1) is 0 Å². The summed E-state index contributed by atoms with van der Waals surface area (Å²) in [6.07, 6.45) is 2.14. The standard InChI is InChI=1S/C22H23BrN6O2/c1-14(10-15-2-7-18-19(11-15)25-13-26-21(18)24)29-9-8-28(12-20(29)30)22(31)27-17-5-3-16(23)4-6-17/h2-7,11,13-14H,8-10,12H2,1H3,(H,27,31)(H2,24,25,26). The highest BCUT2D eigenvalue weighted by Gasteiger charge is 2.30. The van der Waals surface area contributed by atoms with E-state index in [-0.39, 0.29) is 24.5 Å². The van der Waals surface area contributed by atoms with Crippen LogP contribution in [0.4, 0.5) is 16.3 Å². The Hall–Kier alpha value is -3.20. The van der Waals surface area contributed by atoms with Gasteiger partial charge in [-0.05, 0) is 55.3 Å². The van der Waals surface area contributed by atoms with Crippen LogP contribution < -0.4 is 11.1 Å². The molecule has 0 radical (unpaired) electrons. The zero-order chi connectivity index (χ0) is 22.0. The van der Waals surface area contributed by atoms with Crippen molar-refractivity contribution in [3.8, 4) is 0 Å². The van der Waals surface area contributed by atoms with Crippen molar-refractivity contribution >= 4 is 50.3 Å². The van der Waals surface area contributed by atoms with E-state index in [0.29, 0.717) is 31.0 Å². The van der Waals surface area contributed by atoms with E-state index >= 15 is 0 Å². The normalized spacial score (nSPS) is 15.2. The maximum absolute atomic E-state index is 12.8. The van der Waals surface area contributed by atoms with Crippen molar-refractivity contribution in [2.45, 2.75) is 19.4 Å². The van der Waals surface area contributed by atoms with Gasteiger partial charge in [-0.1, -0.05) is 22.0 Å². The molecule has 0 saturated carbocycles. The van der Waals surface area contributed by atoms with Crippen LogP contribution in [0.1, 0.15) is 12.5 Å². The number of urea groups is 1. The second-order valence-electron chi connectivity index (χ2n) is 7.61. The summed E-state index contributed by atoms with van der Waals surface area (Å²) in [4.78, 5) is 37.0. The number of anilines is 2. The van der Waals surface area contributed by atoms with Crippen LogP contribution in [0.5, 0.6) is 0 Å². The molecule has 4 rings (SSSR count). The molecule has 160 valence electrons. The van der Waals surface area contributed by atoms with E-state index in [4.69, 9.17) is 5.73 Å². The van der Waals surface area contributed by atoms with Crippen LogP contribution in [-0.2, 0) is 11.2 Å². The highest BCUT2D eigenvalue weighted by Crippen LogP contribution is 2.21. The molecule has 0 aliphatic carbocycles. The number of benzene rings is 2. The van der Waals surface area contributed by atoms with Gasteiger partial charge in [0.05, 0.1) is 5.52 Å². The molecule has 1 aliphatic rings. The molecule has 8 nitrogen and oxygen atoms in total. The summed E-state index contributed by atoms with van der Waals surface area (Å²) >= 11 is 3.37. The number of hydrogen-bond donors (Lipinski definition) is 2. The van der Waals surface area contributed by atoms with Gasteiger partial charge in [0.25, 0.3) is 0 Å². The van der Waals surface area contributed by atoms with E-state index in [1.807, 2.05) is 54.3 Å². The van der Waals surface area contributed by atoms with E-state index in [2.05, 4.69) is 31.2 Å². The Labute approximate surface area is 188 Å². The monoisotopic (exact) mass is 482 g/mol. The Bertz CT molecular complexity index is 1120. The number of piperazine rings is 1. The molecule has 1 aliphatic heterocycles. The van der Waals surface area contributed by atoms with Crippen LogP contribution in [0.3, 0.4) is 0 Å². The Morgan fingerprint density at radius 3 is 2.71 bits per heavy atom. The number of halogens is 1. The molecule has 2 aromatic carbocycles. The van der Waals surface area contributed by atoms with Crippen molar-refractivity contribution < 1.29 is 9.59 Å². The van der Waals surface area contributed by atoms with Crippen molar-refractivity contribution in [2.75, 3.05) is 30.7 Å². The smallest absolute Gasteiger partial charge is 0.322 e. The molecule has 1 saturated heterocycles. The topological polar surface area (TPSA) is 104 Å². The minimum atomic E-state index is -0.269. The zero-order valence-corrected chi connectivity index (χ0v) is 18.7. The average molecular weight is 483 g/mol. The second kappa shape index (κ2) is 8.89. The van der Waals surface area contributed by atoms with Gasteiger partial charge in [0.2, 0.25) is 5.91 Å². The summed E-state index contributed by atoms with van der Waals surface area (Å²) in [6.45, 7) is 3.07. The number of carbonyl (C=O) groups is 2. The molecule has 3 amide bonds. The van der Waals surface area contributed by atoms with Crippen LogP contribution in [0.2, 0.25) is 0 Å². The molecule has 1 atom stereocenters. The summed E-state index contributed by atoms with van der Waals surface area (Å²) in [5, 5.41) is 3.66. The minimum absolute atomic E-state index is 0.000758. The lowest BCUT2D eigenvalue weighted by molar-refractivity contribution is -0.136. The second-order valence-corrected chi connectivity index (χ2v) is 8.52. The Morgan fingerprint density at radius 1 is 1.19 bits per heavy atom. The van der Waals surface area contributed by atoms with Crippen molar-refractivity contribution in [1.82, 2.24) is 19.8 Å². The summed E-state index contributed by atoms with van der Waals surface area (Å²) in [7, 11) is 0. The van der Waals surface area contributed by atoms with Crippen LogP contribution in [0.15, 0.2) is 53.3 Å². The van der Waals surface area contributed by atoms with E-state index in [1.54, 1.807) is 4.90 Å². The summed E-state index contributed by atoms with van der Waals surface area (Å²) < 4.78 is 0.936. The molecule has 3 N–H and O–H groups in total. The first-order chi connectivity index (χ1) is 14.9. The molecular weight excluding hydrogens is 460 g/mol. The molecule has 9 heteroatoms. The molecule has 1 fully saturated rings. The Balaban J connectivity index is 1.36. The molecule has 2 heterocycles. The number of hydrogen-bond acceptors (Lipinski definition) is 5. The first kappa shape index (κ1) is 21.0. The van der Waals surface area contributed by atoms with Gasteiger partial charge in [0, 0.05) is 34.7 Å². The summed E-state index contributed by atoms with van der Waals surface area (Å²) in [6, 6.07) is 12.9. The number of nitrogen functional groups attached to an aromatic ring is 1. The molecule has 0 bridgehead atoms. The van der Waals surface area contributed by atoms with E-state index in [1.165, 1.54) is 6.33 Å². The quantitative estimate of drug-likeness (QED) is 0.593. The van der Waals surface area contributed by atoms with Crippen molar-refractivity contribution in [1.29, 1.82) is 0 Å². The maximum Gasteiger partial charge on any atom is 0.322 e. The van der Waals surface area contributed by atoms with Gasteiger partial charge in [-0.3, -0.25) is 4.79 Å². The average Bonchev–Trinajstić information content (AvgIpc) is 2.75. The third-order valence-electron chi connectivity index (χ3n) is 5.43. The van der Waals surface area contributed by atoms with Crippen molar-refractivity contribution in [2.24, 2.45) is 0 Å². The van der Waals surface area contributed by atoms with Crippen LogP contribution in [0, 0.1) is 0 Å². The lowest BCUT2D eigenvalue weighted by Gasteiger charge is -2.37. The molecule has 0 spiro atoms. The first-order valence-electron chi connectivity index (χ1n) is 10.0. The van der Waals surface area contributed by atoms with Gasteiger partial charge in [-0.2, -0.15) is 0 Å². The number of rotatable bonds is 4. The third kappa shape index (κ3) is 4.77. The number of fused-ring (bicyclic) bond motifs is 1. The predicted octanol–water partition coefficient (Wildman–Crippen LogP) is 3.28. The number of nitrogens with zero attached hydrogens (tertiary/aromatic N) is 4. The van der Waals surface area contributed by atoms with Gasteiger partial charge < -0.3 is 20.9 Å².